The zero-order chi connectivity index (χ0) is 20.7. The van der Waals surface area contributed by atoms with E-state index in [1.807, 2.05) is 24.3 Å². The molecule has 5 heteroatoms. The molecule has 0 radical (unpaired) electrons. The third-order valence-corrected chi connectivity index (χ3v) is 6.48. The minimum absolute atomic E-state index is 0.377. The zero-order valence-electron chi connectivity index (χ0n) is 16.6. The molecule has 1 N–H and O–H groups in total. The maximum absolute atomic E-state index is 11.3. The van der Waals surface area contributed by atoms with E-state index in [-0.39, 0.29) is 0 Å². The van der Waals surface area contributed by atoms with Crippen LogP contribution >= 0.6 is 11.6 Å². The van der Waals surface area contributed by atoms with Gasteiger partial charge in [0, 0.05) is 42.9 Å². The van der Waals surface area contributed by atoms with E-state index in [1.165, 1.54) is 22.4 Å². The van der Waals surface area contributed by atoms with Crippen molar-refractivity contribution < 1.29 is 9.90 Å². The standard InChI is InChI=1S/C25H23ClN2O2/c26-21-8-5-17(6-9-21)23-4-2-1-3-19(23)15-27-11-12-28-22(16-27)14-20-13-18(25(29)30)7-10-24(20)28/h1-10,13,22H,11-12,14-16H2,(H,29,30)/t22-/m0/s1. The van der Waals surface area contributed by atoms with E-state index in [0.29, 0.717) is 11.6 Å². The molecule has 0 amide bonds. The first-order chi connectivity index (χ1) is 14.6. The van der Waals surface area contributed by atoms with Crippen molar-refractivity contribution in [1.29, 1.82) is 0 Å². The highest BCUT2D eigenvalue weighted by atomic mass is 35.5. The fraction of sp³-hybridized carbons (Fsp3) is 0.240. The highest BCUT2D eigenvalue weighted by Gasteiger charge is 2.34. The van der Waals surface area contributed by atoms with Gasteiger partial charge >= 0.3 is 5.97 Å². The lowest BCUT2D eigenvalue weighted by Gasteiger charge is -2.39. The maximum Gasteiger partial charge on any atom is 0.335 e. The average Bonchev–Trinajstić information content (AvgIpc) is 3.11. The molecule has 3 aromatic carbocycles. The van der Waals surface area contributed by atoms with E-state index in [0.717, 1.165) is 43.2 Å². The minimum Gasteiger partial charge on any atom is -0.478 e. The van der Waals surface area contributed by atoms with Gasteiger partial charge in [0.05, 0.1) is 5.56 Å². The van der Waals surface area contributed by atoms with Gasteiger partial charge in [-0.2, -0.15) is 0 Å². The first-order valence-corrected chi connectivity index (χ1v) is 10.7. The van der Waals surface area contributed by atoms with Crippen LogP contribution in [0.3, 0.4) is 0 Å². The number of benzene rings is 3. The number of carboxylic acids is 1. The minimum atomic E-state index is -0.858. The molecule has 5 rings (SSSR count). The van der Waals surface area contributed by atoms with Crippen LogP contribution < -0.4 is 4.90 Å². The Morgan fingerprint density at radius 2 is 1.83 bits per heavy atom. The molecule has 4 nitrogen and oxygen atoms in total. The summed E-state index contributed by atoms with van der Waals surface area (Å²) >= 11 is 6.07. The second kappa shape index (κ2) is 7.78. The van der Waals surface area contributed by atoms with E-state index < -0.39 is 5.97 Å². The average molecular weight is 419 g/mol. The second-order valence-corrected chi connectivity index (χ2v) is 8.54. The summed E-state index contributed by atoms with van der Waals surface area (Å²) in [4.78, 5) is 16.3. The van der Waals surface area contributed by atoms with Crippen molar-refractivity contribution >= 4 is 23.3 Å². The lowest BCUT2D eigenvalue weighted by Crippen LogP contribution is -2.51. The van der Waals surface area contributed by atoms with Gasteiger partial charge in [0.1, 0.15) is 0 Å². The highest BCUT2D eigenvalue weighted by Crippen LogP contribution is 2.35. The molecule has 2 heterocycles. The molecular weight excluding hydrogens is 396 g/mol. The molecule has 0 saturated carbocycles. The molecular formula is C25H23ClN2O2. The SMILES string of the molecule is O=C(O)c1ccc2c(c1)C[C@H]1CN(Cc3ccccc3-c3ccc(Cl)cc3)CCN21. The zero-order valence-corrected chi connectivity index (χ0v) is 17.3. The third kappa shape index (κ3) is 3.57. The van der Waals surface area contributed by atoms with Gasteiger partial charge in [0.25, 0.3) is 0 Å². The van der Waals surface area contributed by atoms with Crippen molar-refractivity contribution in [3.05, 3.63) is 88.4 Å². The van der Waals surface area contributed by atoms with Crippen LogP contribution in [0.15, 0.2) is 66.7 Å². The van der Waals surface area contributed by atoms with Gasteiger partial charge in [0.15, 0.2) is 0 Å². The Hall–Kier alpha value is -2.82. The molecule has 0 aromatic heterocycles. The Morgan fingerprint density at radius 3 is 2.63 bits per heavy atom. The number of aromatic carboxylic acids is 1. The second-order valence-electron chi connectivity index (χ2n) is 8.10. The van der Waals surface area contributed by atoms with E-state index in [4.69, 9.17) is 11.6 Å². The van der Waals surface area contributed by atoms with Crippen LogP contribution in [0.1, 0.15) is 21.5 Å². The van der Waals surface area contributed by atoms with E-state index in [9.17, 15) is 9.90 Å². The van der Waals surface area contributed by atoms with Crippen molar-refractivity contribution in [2.75, 3.05) is 24.5 Å². The maximum atomic E-state index is 11.3. The van der Waals surface area contributed by atoms with Crippen molar-refractivity contribution in [3.63, 3.8) is 0 Å². The number of anilines is 1. The van der Waals surface area contributed by atoms with Gasteiger partial charge in [-0.05, 0) is 59.0 Å². The van der Waals surface area contributed by atoms with Crippen LogP contribution in [0, 0.1) is 0 Å². The molecule has 1 fully saturated rings. The van der Waals surface area contributed by atoms with Gasteiger partial charge in [-0.1, -0.05) is 48.0 Å². The van der Waals surface area contributed by atoms with Gasteiger partial charge in [-0.15, -0.1) is 0 Å². The van der Waals surface area contributed by atoms with E-state index >= 15 is 0 Å². The third-order valence-electron chi connectivity index (χ3n) is 6.22. The first-order valence-electron chi connectivity index (χ1n) is 10.3. The van der Waals surface area contributed by atoms with Crippen LogP contribution in [0.2, 0.25) is 5.02 Å². The smallest absolute Gasteiger partial charge is 0.335 e. The number of rotatable bonds is 4. The molecule has 2 aliphatic heterocycles. The van der Waals surface area contributed by atoms with Crippen LogP contribution in [-0.4, -0.2) is 41.7 Å². The summed E-state index contributed by atoms with van der Waals surface area (Å²) in [5, 5.41) is 10.0. The van der Waals surface area contributed by atoms with Gasteiger partial charge < -0.3 is 10.0 Å². The molecule has 0 spiro atoms. The van der Waals surface area contributed by atoms with Crippen LogP contribution in [-0.2, 0) is 13.0 Å². The van der Waals surface area contributed by atoms with Crippen molar-refractivity contribution in [2.45, 2.75) is 19.0 Å². The molecule has 0 aliphatic carbocycles. The number of hydrogen-bond donors (Lipinski definition) is 1. The lowest BCUT2D eigenvalue weighted by atomic mass is 9.99. The Kier molecular flexibility index (Phi) is 4.97. The number of carboxylic acid groups (broad SMARTS) is 1. The summed E-state index contributed by atoms with van der Waals surface area (Å²) in [7, 11) is 0. The van der Waals surface area contributed by atoms with Crippen molar-refractivity contribution in [3.8, 4) is 11.1 Å². The monoisotopic (exact) mass is 418 g/mol. The Morgan fingerprint density at radius 1 is 1.03 bits per heavy atom. The van der Waals surface area contributed by atoms with Crippen LogP contribution in [0.5, 0.6) is 0 Å². The molecule has 3 aromatic rings. The number of piperazine rings is 1. The summed E-state index contributed by atoms with van der Waals surface area (Å²) in [5.41, 5.74) is 6.48. The number of halogens is 1. The Balaban J connectivity index is 1.33. The van der Waals surface area contributed by atoms with Crippen molar-refractivity contribution in [1.82, 2.24) is 4.90 Å². The highest BCUT2D eigenvalue weighted by molar-refractivity contribution is 6.30. The summed E-state index contributed by atoms with van der Waals surface area (Å²) in [6.07, 6.45) is 0.909. The summed E-state index contributed by atoms with van der Waals surface area (Å²) in [5.74, 6) is -0.858. The number of carbonyl (C=O) groups is 1. The molecule has 1 atom stereocenters. The fourth-order valence-corrected chi connectivity index (χ4v) is 4.91. The fourth-order valence-electron chi connectivity index (χ4n) is 4.78. The number of hydrogen-bond acceptors (Lipinski definition) is 3. The summed E-state index contributed by atoms with van der Waals surface area (Å²) in [6, 6.07) is 22.5. The Bertz CT molecular complexity index is 1100. The van der Waals surface area contributed by atoms with E-state index in [2.05, 4.69) is 46.2 Å². The molecule has 30 heavy (non-hydrogen) atoms. The molecule has 152 valence electrons. The van der Waals surface area contributed by atoms with E-state index in [1.54, 1.807) is 6.07 Å². The Labute approximate surface area is 181 Å². The van der Waals surface area contributed by atoms with Crippen molar-refractivity contribution in [2.24, 2.45) is 0 Å². The first kappa shape index (κ1) is 19.2. The molecule has 2 aliphatic rings. The van der Waals surface area contributed by atoms with Crippen LogP contribution in [0.4, 0.5) is 5.69 Å². The normalized spacial score (nSPS) is 18.2. The molecule has 0 unspecified atom stereocenters. The summed E-state index contributed by atoms with van der Waals surface area (Å²) in [6.45, 7) is 3.84. The van der Waals surface area contributed by atoms with Gasteiger partial charge in [-0.3, -0.25) is 4.90 Å². The van der Waals surface area contributed by atoms with Gasteiger partial charge in [0.2, 0.25) is 0 Å². The number of nitrogens with zero attached hydrogens (tertiary/aromatic N) is 2. The lowest BCUT2D eigenvalue weighted by molar-refractivity contribution is 0.0697. The largest absolute Gasteiger partial charge is 0.478 e. The topological polar surface area (TPSA) is 43.8 Å². The van der Waals surface area contributed by atoms with Crippen LogP contribution in [0.25, 0.3) is 11.1 Å². The van der Waals surface area contributed by atoms with Gasteiger partial charge in [-0.25, -0.2) is 4.79 Å². The predicted octanol–water partition coefficient (Wildman–Crippen LogP) is 4.95. The molecule has 1 saturated heterocycles. The summed E-state index contributed by atoms with van der Waals surface area (Å²) < 4.78 is 0. The predicted molar refractivity (Wildman–Crippen MR) is 120 cm³/mol. The number of fused-ring (bicyclic) bond motifs is 3. The quantitative estimate of drug-likeness (QED) is 0.650. The molecule has 0 bridgehead atoms.